The predicted molar refractivity (Wildman–Crippen MR) is 110 cm³/mol. The molecular formula is C21H19F3N6O2. The van der Waals surface area contributed by atoms with Crippen molar-refractivity contribution in [1.29, 1.82) is 0 Å². The Hall–Kier alpha value is -3.89. The Kier molecular flexibility index (Phi) is 5.56. The molecule has 0 aliphatic rings. The highest BCUT2D eigenvalue weighted by Gasteiger charge is 2.31. The predicted octanol–water partition coefficient (Wildman–Crippen LogP) is 4.32. The second kappa shape index (κ2) is 8.33. The number of aryl methyl sites for hydroxylation is 1. The van der Waals surface area contributed by atoms with Gasteiger partial charge in [0.05, 0.1) is 6.54 Å². The minimum Gasteiger partial charge on any atom is -0.406 e. The minimum atomic E-state index is -4.75. The summed E-state index contributed by atoms with van der Waals surface area (Å²) < 4.78 is 47.9. The molecule has 0 radical (unpaired) electrons. The molecule has 0 atom stereocenters. The lowest BCUT2D eigenvalue weighted by molar-refractivity contribution is -0.274. The van der Waals surface area contributed by atoms with Gasteiger partial charge in [-0.25, -0.2) is 4.98 Å². The van der Waals surface area contributed by atoms with E-state index >= 15 is 0 Å². The average molecular weight is 444 g/mol. The third-order valence-electron chi connectivity index (χ3n) is 4.57. The molecular weight excluding hydrogens is 425 g/mol. The lowest BCUT2D eigenvalue weighted by atomic mass is 10.2. The third-order valence-corrected chi connectivity index (χ3v) is 4.57. The van der Waals surface area contributed by atoms with Crippen LogP contribution in [-0.2, 0) is 6.54 Å². The Balaban J connectivity index is 1.50. The van der Waals surface area contributed by atoms with Crippen LogP contribution in [0.25, 0.3) is 23.0 Å². The minimum absolute atomic E-state index is 0.207. The number of nitrogens with zero attached hydrogens (tertiary/aromatic N) is 6. The highest BCUT2D eigenvalue weighted by molar-refractivity contribution is 5.59. The van der Waals surface area contributed by atoms with Crippen LogP contribution in [0.4, 0.5) is 19.0 Å². The van der Waals surface area contributed by atoms with E-state index in [9.17, 15) is 13.2 Å². The van der Waals surface area contributed by atoms with Gasteiger partial charge < -0.3 is 14.2 Å². The normalized spacial score (nSPS) is 11.6. The summed E-state index contributed by atoms with van der Waals surface area (Å²) in [4.78, 5) is 10.6. The van der Waals surface area contributed by atoms with Crippen LogP contribution < -0.4 is 9.64 Å². The largest absolute Gasteiger partial charge is 0.573 e. The first-order chi connectivity index (χ1) is 15.2. The molecule has 0 saturated carbocycles. The van der Waals surface area contributed by atoms with Gasteiger partial charge in [-0.05, 0) is 48.9 Å². The van der Waals surface area contributed by atoms with Gasteiger partial charge in [-0.1, -0.05) is 11.2 Å². The summed E-state index contributed by atoms with van der Waals surface area (Å²) in [5.74, 6) is 0.975. The zero-order valence-electron chi connectivity index (χ0n) is 17.5. The second-order valence-electron chi connectivity index (χ2n) is 7.24. The number of hydrogen-bond donors (Lipinski definition) is 0. The number of halogens is 3. The number of anilines is 1. The van der Waals surface area contributed by atoms with E-state index in [2.05, 4.69) is 25.0 Å². The lowest BCUT2D eigenvalue weighted by Gasteiger charge is -2.11. The highest BCUT2D eigenvalue weighted by Crippen LogP contribution is 2.27. The maximum Gasteiger partial charge on any atom is 0.573 e. The maximum absolute atomic E-state index is 12.3. The molecule has 32 heavy (non-hydrogen) atoms. The molecule has 0 unspecified atom stereocenters. The number of ether oxygens (including phenoxy) is 1. The number of aromatic nitrogens is 5. The van der Waals surface area contributed by atoms with Crippen LogP contribution in [0.2, 0.25) is 0 Å². The van der Waals surface area contributed by atoms with Gasteiger partial charge in [-0.15, -0.1) is 13.2 Å². The maximum atomic E-state index is 12.3. The first-order valence-electron chi connectivity index (χ1n) is 9.55. The Bertz CT molecular complexity index is 1200. The zero-order chi connectivity index (χ0) is 22.9. The van der Waals surface area contributed by atoms with E-state index in [-0.39, 0.29) is 17.5 Å². The molecule has 0 fully saturated rings. The molecule has 4 rings (SSSR count). The van der Waals surface area contributed by atoms with Crippen molar-refractivity contribution >= 4 is 5.82 Å². The molecule has 1 aromatic carbocycles. The monoisotopic (exact) mass is 444 g/mol. The quantitative estimate of drug-likeness (QED) is 0.438. The SMILES string of the molecule is Cc1cc(-c2nc(-c3ccc(OC(F)(F)F)cc3)no2)nn1Cc1ccc(N(C)C)nc1. The number of benzene rings is 1. The highest BCUT2D eigenvalue weighted by atomic mass is 19.4. The Morgan fingerprint density at radius 2 is 1.84 bits per heavy atom. The van der Waals surface area contributed by atoms with Crippen molar-refractivity contribution in [1.82, 2.24) is 24.9 Å². The van der Waals surface area contributed by atoms with E-state index in [4.69, 9.17) is 4.52 Å². The molecule has 0 bridgehead atoms. The summed E-state index contributed by atoms with van der Waals surface area (Å²) >= 11 is 0. The summed E-state index contributed by atoms with van der Waals surface area (Å²) in [5, 5.41) is 8.43. The molecule has 0 aliphatic carbocycles. The topological polar surface area (TPSA) is 82.1 Å². The molecule has 0 aliphatic heterocycles. The second-order valence-corrected chi connectivity index (χ2v) is 7.24. The van der Waals surface area contributed by atoms with Crippen LogP contribution in [0.1, 0.15) is 11.3 Å². The van der Waals surface area contributed by atoms with Crippen molar-refractivity contribution < 1.29 is 22.4 Å². The number of rotatable bonds is 6. The molecule has 8 nitrogen and oxygen atoms in total. The summed E-state index contributed by atoms with van der Waals surface area (Å²) in [6.07, 6.45) is -2.95. The standard InChI is InChI=1S/C21H19F3N6O2/c1-13-10-17(27-30(13)12-14-4-9-18(25-11-14)29(2)3)20-26-19(28-32-20)15-5-7-16(8-6-15)31-21(22,23)24/h4-11H,12H2,1-3H3. The van der Waals surface area contributed by atoms with E-state index in [1.807, 2.05) is 44.1 Å². The van der Waals surface area contributed by atoms with E-state index < -0.39 is 6.36 Å². The fourth-order valence-corrected chi connectivity index (χ4v) is 2.97. The van der Waals surface area contributed by atoms with Crippen LogP contribution in [0.15, 0.2) is 53.2 Å². The van der Waals surface area contributed by atoms with Crippen molar-refractivity contribution in [2.75, 3.05) is 19.0 Å². The summed E-state index contributed by atoms with van der Waals surface area (Å²) in [5.41, 5.74) is 2.86. The zero-order valence-corrected chi connectivity index (χ0v) is 17.5. The van der Waals surface area contributed by atoms with Gasteiger partial charge in [0, 0.05) is 31.5 Å². The fraction of sp³-hybridized carbons (Fsp3) is 0.238. The van der Waals surface area contributed by atoms with Gasteiger partial charge in [-0.3, -0.25) is 4.68 Å². The van der Waals surface area contributed by atoms with Gasteiger partial charge in [0.1, 0.15) is 11.6 Å². The van der Waals surface area contributed by atoms with Crippen LogP contribution in [0, 0.1) is 6.92 Å². The smallest absolute Gasteiger partial charge is 0.406 e. The molecule has 0 spiro atoms. The Labute approximate surface area is 181 Å². The third kappa shape index (κ3) is 4.88. The van der Waals surface area contributed by atoms with Crippen molar-refractivity contribution in [3.8, 4) is 28.7 Å². The lowest BCUT2D eigenvalue weighted by Crippen LogP contribution is -2.16. The van der Waals surface area contributed by atoms with E-state index in [0.717, 1.165) is 17.1 Å². The molecule has 0 saturated heterocycles. The van der Waals surface area contributed by atoms with Crippen LogP contribution in [0.5, 0.6) is 5.75 Å². The van der Waals surface area contributed by atoms with Crippen LogP contribution >= 0.6 is 0 Å². The van der Waals surface area contributed by atoms with Crippen LogP contribution in [0.3, 0.4) is 0 Å². The molecule has 11 heteroatoms. The van der Waals surface area contributed by atoms with Gasteiger partial charge in [0.2, 0.25) is 5.82 Å². The molecule has 4 aromatic rings. The van der Waals surface area contributed by atoms with Crippen molar-refractivity contribution in [2.45, 2.75) is 19.8 Å². The van der Waals surface area contributed by atoms with Gasteiger partial charge in [0.25, 0.3) is 5.89 Å². The molecule has 166 valence electrons. The summed E-state index contributed by atoms with van der Waals surface area (Å²) in [6.45, 7) is 2.43. The Morgan fingerprint density at radius 3 is 2.47 bits per heavy atom. The molecule has 3 heterocycles. The number of alkyl halides is 3. The number of hydrogen-bond acceptors (Lipinski definition) is 7. The first-order valence-corrected chi connectivity index (χ1v) is 9.55. The van der Waals surface area contributed by atoms with Gasteiger partial charge >= 0.3 is 6.36 Å². The van der Waals surface area contributed by atoms with E-state index in [0.29, 0.717) is 17.8 Å². The number of pyridine rings is 1. The molecule has 0 amide bonds. The fourth-order valence-electron chi connectivity index (χ4n) is 2.97. The van der Waals surface area contributed by atoms with Crippen molar-refractivity contribution in [2.24, 2.45) is 0 Å². The Morgan fingerprint density at radius 1 is 1.09 bits per heavy atom. The van der Waals surface area contributed by atoms with Crippen molar-refractivity contribution in [3.63, 3.8) is 0 Å². The van der Waals surface area contributed by atoms with E-state index in [1.165, 1.54) is 24.3 Å². The first kappa shape index (κ1) is 21.3. The van der Waals surface area contributed by atoms with Crippen molar-refractivity contribution in [3.05, 3.63) is 59.9 Å². The van der Waals surface area contributed by atoms with E-state index in [1.54, 1.807) is 10.9 Å². The van der Waals surface area contributed by atoms with Gasteiger partial charge in [-0.2, -0.15) is 10.1 Å². The average Bonchev–Trinajstić information content (AvgIpc) is 3.35. The molecule has 0 N–H and O–H groups in total. The summed E-state index contributed by atoms with van der Waals surface area (Å²) in [6, 6.07) is 11.0. The van der Waals surface area contributed by atoms with Gasteiger partial charge in [0.15, 0.2) is 5.69 Å². The molecule has 3 aromatic heterocycles. The van der Waals surface area contributed by atoms with Crippen LogP contribution in [-0.4, -0.2) is 45.4 Å². The summed E-state index contributed by atoms with van der Waals surface area (Å²) in [7, 11) is 3.85.